The van der Waals surface area contributed by atoms with Crippen LogP contribution in [-0.2, 0) is 9.59 Å². The number of Topliss-reactive ketones (excluding diaryl/α,β-unsaturated/α-hetero) is 1. The van der Waals surface area contributed by atoms with Crippen LogP contribution < -0.4 is 0 Å². The van der Waals surface area contributed by atoms with Gasteiger partial charge in [0, 0.05) is 18.7 Å². The van der Waals surface area contributed by atoms with E-state index in [1.165, 1.54) is 17.0 Å². The molecule has 5 nitrogen and oxygen atoms in total. The maximum Gasteiger partial charge on any atom is 0.295 e. The molecule has 2 aromatic carbocycles. The second-order valence-electron chi connectivity index (χ2n) is 7.44. The molecule has 1 amide bonds. The van der Waals surface area contributed by atoms with Crippen molar-refractivity contribution < 1.29 is 19.1 Å². The number of carbonyl (C=O) groups is 2. The first-order valence-electron chi connectivity index (χ1n) is 10.2. The number of amides is 1. The highest BCUT2D eigenvalue weighted by Crippen LogP contribution is 2.39. The van der Waals surface area contributed by atoms with Gasteiger partial charge >= 0.3 is 0 Å². The zero-order valence-electron chi connectivity index (χ0n) is 17.6. The quantitative estimate of drug-likeness (QED) is 0.427. The third-order valence-corrected chi connectivity index (χ3v) is 5.60. The van der Waals surface area contributed by atoms with Crippen LogP contribution in [0.2, 0.25) is 0 Å². The van der Waals surface area contributed by atoms with E-state index in [4.69, 9.17) is 0 Å². The summed E-state index contributed by atoms with van der Waals surface area (Å²) in [4.78, 5) is 29.5. The molecule has 1 atom stereocenters. The van der Waals surface area contributed by atoms with Crippen LogP contribution in [0.3, 0.4) is 0 Å². The monoisotopic (exact) mass is 410 g/mol. The largest absolute Gasteiger partial charge is 0.507 e. The topological polar surface area (TPSA) is 60.9 Å². The number of likely N-dealkylation sites (tertiary alicyclic amines) is 1. The van der Waals surface area contributed by atoms with Gasteiger partial charge in [0.15, 0.2) is 0 Å². The van der Waals surface area contributed by atoms with Crippen molar-refractivity contribution in [3.8, 4) is 0 Å². The average molecular weight is 410 g/mol. The van der Waals surface area contributed by atoms with Gasteiger partial charge in [-0.3, -0.25) is 9.59 Å². The lowest BCUT2D eigenvalue weighted by Crippen LogP contribution is -2.38. The number of ketones is 1. The number of rotatable bonds is 7. The summed E-state index contributed by atoms with van der Waals surface area (Å²) in [7, 11) is 0. The van der Waals surface area contributed by atoms with Crippen LogP contribution in [0.25, 0.3) is 5.76 Å². The molecule has 0 radical (unpaired) electrons. The number of benzene rings is 2. The van der Waals surface area contributed by atoms with Gasteiger partial charge in [-0.2, -0.15) is 0 Å². The molecule has 158 valence electrons. The fourth-order valence-corrected chi connectivity index (χ4v) is 3.76. The van der Waals surface area contributed by atoms with Crippen molar-refractivity contribution in [3.63, 3.8) is 0 Å². The molecule has 1 N–H and O–H groups in total. The molecule has 1 aliphatic rings. The second kappa shape index (κ2) is 9.22. The molecular formula is C24H27FN2O3. The highest BCUT2D eigenvalue weighted by Gasteiger charge is 2.45. The summed E-state index contributed by atoms with van der Waals surface area (Å²) in [6.45, 7) is 8.57. The van der Waals surface area contributed by atoms with Gasteiger partial charge in [0.2, 0.25) is 0 Å². The molecule has 6 heteroatoms. The first-order valence-corrected chi connectivity index (χ1v) is 10.2. The minimum atomic E-state index is -0.762. The Morgan fingerprint density at radius 2 is 1.63 bits per heavy atom. The molecule has 2 aromatic rings. The summed E-state index contributed by atoms with van der Waals surface area (Å²) in [5, 5.41) is 11.0. The smallest absolute Gasteiger partial charge is 0.295 e. The van der Waals surface area contributed by atoms with Crippen LogP contribution >= 0.6 is 0 Å². The summed E-state index contributed by atoms with van der Waals surface area (Å²) in [5.41, 5.74) is 2.11. The Bertz CT molecular complexity index is 947. The van der Waals surface area contributed by atoms with Crippen molar-refractivity contribution in [2.45, 2.75) is 26.8 Å². The zero-order valence-corrected chi connectivity index (χ0v) is 17.6. The number of carbonyl (C=O) groups excluding carboxylic acids is 2. The van der Waals surface area contributed by atoms with Crippen LogP contribution in [0, 0.1) is 12.7 Å². The maximum atomic E-state index is 13.5. The van der Waals surface area contributed by atoms with Crippen molar-refractivity contribution in [3.05, 3.63) is 76.6 Å². The molecule has 0 spiro atoms. The van der Waals surface area contributed by atoms with Gasteiger partial charge in [-0.25, -0.2) is 4.39 Å². The highest BCUT2D eigenvalue weighted by molar-refractivity contribution is 6.46. The van der Waals surface area contributed by atoms with Gasteiger partial charge in [0.1, 0.15) is 11.6 Å². The summed E-state index contributed by atoms with van der Waals surface area (Å²) in [6, 6.07) is 12.0. The van der Waals surface area contributed by atoms with Crippen molar-refractivity contribution in [1.82, 2.24) is 9.80 Å². The van der Waals surface area contributed by atoms with E-state index in [1.807, 2.05) is 32.9 Å². The second-order valence-corrected chi connectivity index (χ2v) is 7.44. The minimum absolute atomic E-state index is 0.0370. The normalized spacial score (nSPS) is 18.4. The van der Waals surface area contributed by atoms with Crippen LogP contribution in [0.5, 0.6) is 0 Å². The number of aliphatic hydroxyl groups excluding tert-OH is 1. The van der Waals surface area contributed by atoms with E-state index in [1.54, 1.807) is 24.3 Å². The first kappa shape index (κ1) is 21.7. The number of aryl methyl sites for hydroxylation is 1. The molecule has 0 aromatic heterocycles. The highest BCUT2D eigenvalue weighted by atomic mass is 19.1. The number of hydrogen-bond donors (Lipinski definition) is 1. The van der Waals surface area contributed by atoms with Crippen LogP contribution in [-0.4, -0.2) is 52.8 Å². The predicted octanol–water partition coefficient (Wildman–Crippen LogP) is 3.90. The summed E-state index contributed by atoms with van der Waals surface area (Å²) in [6.07, 6.45) is 0. The minimum Gasteiger partial charge on any atom is -0.507 e. The molecule has 0 aliphatic carbocycles. The molecule has 3 rings (SSSR count). The Morgan fingerprint density at radius 3 is 2.20 bits per heavy atom. The molecule has 1 heterocycles. The van der Waals surface area contributed by atoms with Gasteiger partial charge < -0.3 is 14.9 Å². The number of aliphatic hydroxyl groups is 1. The van der Waals surface area contributed by atoms with Gasteiger partial charge in [-0.05, 0) is 37.7 Å². The van der Waals surface area contributed by atoms with E-state index in [0.29, 0.717) is 24.2 Å². The number of halogens is 1. The number of nitrogens with zero attached hydrogens (tertiary/aromatic N) is 2. The van der Waals surface area contributed by atoms with E-state index < -0.39 is 23.5 Å². The number of hydrogen-bond acceptors (Lipinski definition) is 4. The molecule has 1 aliphatic heterocycles. The summed E-state index contributed by atoms with van der Waals surface area (Å²) in [5.74, 6) is -1.99. The molecule has 1 fully saturated rings. The molecule has 0 bridgehead atoms. The lowest BCUT2D eigenvalue weighted by molar-refractivity contribution is -0.140. The Labute approximate surface area is 176 Å². The SMILES string of the molecule is CCN(CC)CCN1C(=O)C(=O)C(=C(O)c2ccc(C)cc2)[C@H]1c1ccc(F)cc1. The van der Waals surface area contributed by atoms with Gasteiger partial charge in [-0.15, -0.1) is 0 Å². The maximum absolute atomic E-state index is 13.5. The first-order chi connectivity index (χ1) is 14.4. The molecular weight excluding hydrogens is 383 g/mol. The summed E-state index contributed by atoms with van der Waals surface area (Å²) >= 11 is 0. The van der Waals surface area contributed by atoms with Crippen LogP contribution in [0.15, 0.2) is 54.1 Å². The van der Waals surface area contributed by atoms with E-state index in [9.17, 15) is 19.1 Å². The van der Waals surface area contributed by atoms with Crippen molar-refractivity contribution >= 4 is 17.4 Å². The summed E-state index contributed by atoms with van der Waals surface area (Å²) < 4.78 is 13.5. The average Bonchev–Trinajstić information content (AvgIpc) is 3.00. The molecule has 1 saturated heterocycles. The lowest BCUT2D eigenvalue weighted by Gasteiger charge is -2.28. The van der Waals surface area contributed by atoms with E-state index in [2.05, 4.69) is 4.90 Å². The van der Waals surface area contributed by atoms with Gasteiger partial charge in [-0.1, -0.05) is 55.8 Å². The van der Waals surface area contributed by atoms with Crippen LogP contribution in [0.1, 0.15) is 36.6 Å². The Balaban J connectivity index is 2.08. The van der Waals surface area contributed by atoms with Gasteiger partial charge in [0.25, 0.3) is 11.7 Å². The molecule has 30 heavy (non-hydrogen) atoms. The van der Waals surface area contributed by atoms with Crippen LogP contribution in [0.4, 0.5) is 4.39 Å². The Morgan fingerprint density at radius 1 is 1.03 bits per heavy atom. The Hall–Kier alpha value is -2.99. The Kier molecular flexibility index (Phi) is 6.67. The molecule has 0 saturated carbocycles. The fourth-order valence-electron chi connectivity index (χ4n) is 3.76. The lowest BCUT2D eigenvalue weighted by atomic mass is 9.95. The zero-order chi connectivity index (χ0) is 21.8. The standard InChI is InChI=1S/C24H27FN2O3/c1-4-26(5-2)14-15-27-21(17-10-12-19(25)13-11-17)20(23(29)24(27)30)22(28)18-8-6-16(3)7-9-18/h6-13,21,28H,4-5,14-15H2,1-3H3/t21-/m1/s1. The van der Waals surface area contributed by atoms with Gasteiger partial charge in [0.05, 0.1) is 11.6 Å². The van der Waals surface area contributed by atoms with Crippen molar-refractivity contribution in [2.75, 3.05) is 26.2 Å². The van der Waals surface area contributed by atoms with E-state index in [-0.39, 0.29) is 11.3 Å². The fraction of sp³-hybridized carbons (Fsp3) is 0.333. The van der Waals surface area contributed by atoms with Crippen molar-refractivity contribution in [2.24, 2.45) is 0 Å². The third kappa shape index (κ3) is 4.28. The number of likely N-dealkylation sites (N-methyl/N-ethyl adjacent to an activating group) is 1. The molecule has 0 unspecified atom stereocenters. The van der Waals surface area contributed by atoms with E-state index in [0.717, 1.165) is 18.7 Å². The van der Waals surface area contributed by atoms with Crippen molar-refractivity contribution in [1.29, 1.82) is 0 Å². The van der Waals surface area contributed by atoms with E-state index >= 15 is 0 Å². The third-order valence-electron chi connectivity index (χ3n) is 5.60. The predicted molar refractivity (Wildman–Crippen MR) is 114 cm³/mol.